The Morgan fingerprint density at radius 2 is 2.07 bits per heavy atom. The molecule has 1 aliphatic rings. The second-order valence-corrected chi connectivity index (χ2v) is 5.60. The van der Waals surface area contributed by atoms with Crippen LogP contribution in [0.5, 0.6) is 0 Å². The highest BCUT2D eigenvalue weighted by Gasteiger charge is 2.51. The van der Waals surface area contributed by atoms with Crippen LogP contribution < -0.4 is 0 Å². The Kier molecular flexibility index (Phi) is 2.51. The van der Waals surface area contributed by atoms with Crippen LogP contribution in [0.4, 0.5) is 0 Å². The van der Waals surface area contributed by atoms with Crippen molar-refractivity contribution in [1.29, 1.82) is 0 Å². The summed E-state index contributed by atoms with van der Waals surface area (Å²) in [5.74, 6) is -0.674. The molecule has 15 heavy (non-hydrogen) atoms. The summed E-state index contributed by atoms with van der Waals surface area (Å²) >= 11 is 1.50. The zero-order chi connectivity index (χ0) is 11.1. The lowest BCUT2D eigenvalue weighted by molar-refractivity contribution is -0.137. The summed E-state index contributed by atoms with van der Waals surface area (Å²) in [4.78, 5) is 12.1. The van der Waals surface area contributed by atoms with Crippen molar-refractivity contribution in [3.8, 4) is 0 Å². The van der Waals surface area contributed by atoms with Crippen LogP contribution in [0.15, 0.2) is 23.1 Å². The minimum atomic E-state index is -0.674. The van der Waals surface area contributed by atoms with E-state index in [9.17, 15) is 4.79 Å². The van der Waals surface area contributed by atoms with E-state index in [-0.39, 0.29) is 0 Å². The Morgan fingerprint density at radius 1 is 1.40 bits per heavy atom. The van der Waals surface area contributed by atoms with E-state index in [4.69, 9.17) is 5.11 Å². The van der Waals surface area contributed by atoms with Gasteiger partial charge in [0.25, 0.3) is 0 Å². The molecule has 0 aromatic heterocycles. The summed E-state index contributed by atoms with van der Waals surface area (Å²) in [6, 6.07) is 6.16. The number of hydrogen-bond acceptors (Lipinski definition) is 2. The molecular weight excluding hydrogens is 208 g/mol. The van der Waals surface area contributed by atoms with Crippen molar-refractivity contribution in [3.63, 3.8) is 0 Å². The summed E-state index contributed by atoms with van der Waals surface area (Å²) in [6.45, 7) is 4.08. The Hall–Kier alpha value is -0.960. The molecular formula is C12H14O2S. The van der Waals surface area contributed by atoms with Crippen LogP contribution in [0.2, 0.25) is 0 Å². The van der Waals surface area contributed by atoms with E-state index in [1.54, 1.807) is 0 Å². The van der Waals surface area contributed by atoms with Crippen molar-refractivity contribution in [2.24, 2.45) is 0 Å². The standard InChI is InChI=1S/C12H14O2S/c1-8-3-4-10(9(2)7-8)15-12(5-6-12)11(13)14/h3-4,7H,5-6H2,1-2H3,(H,13,14). The van der Waals surface area contributed by atoms with Crippen LogP contribution in [-0.2, 0) is 4.79 Å². The van der Waals surface area contributed by atoms with Crippen molar-refractivity contribution in [3.05, 3.63) is 29.3 Å². The Morgan fingerprint density at radius 3 is 2.53 bits per heavy atom. The number of carboxylic acids is 1. The van der Waals surface area contributed by atoms with Crippen LogP contribution in [0.25, 0.3) is 0 Å². The van der Waals surface area contributed by atoms with Gasteiger partial charge in [0, 0.05) is 4.90 Å². The van der Waals surface area contributed by atoms with Crippen molar-refractivity contribution in [2.45, 2.75) is 36.3 Å². The molecule has 2 nitrogen and oxygen atoms in total. The molecule has 0 spiro atoms. The van der Waals surface area contributed by atoms with Gasteiger partial charge >= 0.3 is 5.97 Å². The first-order valence-electron chi connectivity index (χ1n) is 5.03. The van der Waals surface area contributed by atoms with Gasteiger partial charge in [0.2, 0.25) is 0 Å². The maximum Gasteiger partial charge on any atom is 0.320 e. The van der Waals surface area contributed by atoms with E-state index in [1.165, 1.54) is 22.9 Å². The zero-order valence-electron chi connectivity index (χ0n) is 8.91. The minimum absolute atomic E-state index is 0.528. The number of rotatable bonds is 3. The summed E-state index contributed by atoms with van der Waals surface area (Å²) < 4.78 is -0.528. The number of carboxylic acid groups (broad SMARTS) is 1. The van der Waals surface area contributed by atoms with E-state index in [0.717, 1.165) is 17.7 Å². The molecule has 1 aliphatic carbocycles. The van der Waals surface area contributed by atoms with Gasteiger partial charge in [-0.25, -0.2) is 0 Å². The molecule has 0 atom stereocenters. The smallest absolute Gasteiger partial charge is 0.320 e. The fourth-order valence-electron chi connectivity index (χ4n) is 1.60. The number of aryl methyl sites for hydroxylation is 2. The van der Waals surface area contributed by atoms with E-state index in [2.05, 4.69) is 6.07 Å². The molecule has 0 aliphatic heterocycles. The van der Waals surface area contributed by atoms with Gasteiger partial charge in [0.05, 0.1) is 0 Å². The third-order valence-electron chi connectivity index (χ3n) is 2.73. The third kappa shape index (κ3) is 2.02. The molecule has 0 amide bonds. The summed E-state index contributed by atoms with van der Waals surface area (Å²) in [7, 11) is 0. The van der Waals surface area contributed by atoms with Gasteiger partial charge in [-0.2, -0.15) is 0 Å². The topological polar surface area (TPSA) is 37.3 Å². The van der Waals surface area contributed by atoms with Crippen molar-refractivity contribution in [1.82, 2.24) is 0 Å². The van der Waals surface area contributed by atoms with Gasteiger partial charge in [-0.15, -0.1) is 11.8 Å². The average Bonchev–Trinajstić information content (AvgIpc) is 2.91. The molecule has 0 saturated heterocycles. The summed E-state index contributed by atoms with van der Waals surface area (Å²) in [5.41, 5.74) is 2.39. The molecule has 1 N–H and O–H groups in total. The molecule has 80 valence electrons. The Bertz CT molecular complexity index is 408. The molecule has 3 heteroatoms. The highest BCUT2D eigenvalue weighted by atomic mass is 32.2. The van der Waals surface area contributed by atoms with Crippen LogP contribution in [0.3, 0.4) is 0 Å². The second-order valence-electron chi connectivity index (χ2n) is 4.17. The molecule has 0 unspecified atom stereocenters. The quantitative estimate of drug-likeness (QED) is 0.854. The van der Waals surface area contributed by atoms with E-state index in [0.29, 0.717) is 0 Å². The van der Waals surface area contributed by atoms with Gasteiger partial charge in [-0.3, -0.25) is 4.79 Å². The van der Waals surface area contributed by atoms with Crippen LogP contribution in [0, 0.1) is 13.8 Å². The van der Waals surface area contributed by atoms with E-state index in [1.807, 2.05) is 26.0 Å². The number of hydrogen-bond donors (Lipinski definition) is 1. The molecule has 0 radical (unpaired) electrons. The molecule has 1 fully saturated rings. The molecule has 1 aromatic carbocycles. The number of benzene rings is 1. The first kappa shape index (κ1) is 10.6. The molecule has 1 saturated carbocycles. The Balaban J connectivity index is 2.21. The third-order valence-corrected chi connectivity index (χ3v) is 4.38. The molecule has 0 bridgehead atoms. The zero-order valence-corrected chi connectivity index (χ0v) is 9.73. The highest BCUT2D eigenvalue weighted by molar-refractivity contribution is 8.01. The SMILES string of the molecule is Cc1ccc(SC2(C(=O)O)CC2)c(C)c1. The Labute approximate surface area is 93.7 Å². The first-order valence-corrected chi connectivity index (χ1v) is 5.85. The lowest BCUT2D eigenvalue weighted by Crippen LogP contribution is -2.17. The number of thioether (sulfide) groups is 1. The van der Waals surface area contributed by atoms with Gasteiger partial charge < -0.3 is 5.11 Å². The summed E-state index contributed by atoms with van der Waals surface area (Å²) in [6.07, 6.45) is 1.58. The predicted octanol–water partition coefficient (Wildman–Crippen LogP) is 3.01. The minimum Gasteiger partial charge on any atom is -0.480 e. The van der Waals surface area contributed by atoms with Gasteiger partial charge in [-0.1, -0.05) is 17.7 Å². The largest absolute Gasteiger partial charge is 0.480 e. The average molecular weight is 222 g/mol. The van der Waals surface area contributed by atoms with Crippen LogP contribution in [0.1, 0.15) is 24.0 Å². The van der Waals surface area contributed by atoms with Crippen molar-refractivity contribution < 1.29 is 9.90 Å². The van der Waals surface area contributed by atoms with E-state index >= 15 is 0 Å². The van der Waals surface area contributed by atoms with Crippen molar-refractivity contribution in [2.75, 3.05) is 0 Å². The second kappa shape index (κ2) is 3.56. The highest BCUT2D eigenvalue weighted by Crippen LogP contribution is 2.52. The van der Waals surface area contributed by atoms with Crippen molar-refractivity contribution >= 4 is 17.7 Å². The number of carbonyl (C=O) groups is 1. The summed E-state index contributed by atoms with van der Waals surface area (Å²) in [5, 5.41) is 9.09. The van der Waals surface area contributed by atoms with E-state index < -0.39 is 10.7 Å². The lowest BCUT2D eigenvalue weighted by atomic mass is 10.2. The molecule has 1 aromatic rings. The fourth-order valence-corrected chi connectivity index (χ4v) is 2.77. The van der Waals surface area contributed by atoms with Crippen LogP contribution >= 0.6 is 11.8 Å². The fraction of sp³-hybridized carbons (Fsp3) is 0.417. The number of aliphatic carboxylic acids is 1. The van der Waals surface area contributed by atoms with Gasteiger partial charge in [-0.05, 0) is 38.3 Å². The maximum absolute atomic E-state index is 11.0. The molecule has 0 heterocycles. The maximum atomic E-state index is 11.0. The normalized spacial score (nSPS) is 17.5. The molecule has 2 rings (SSSR count). The van der Waals surface area contributed by atoms with Gasteiger partial charge in [0.1, 0.15) is 4.75 Å². The first-order chi connectivity index (χ1) is 7.03. The predicted molar refractivity (Wildman–Crippen MR) is 61.4 cm³/mol. The van der Waals surface area contributed by atoms with Crippen LogP contribution in [-0.4, -0.2) is 15.8 Å². The monoisotopic (exact) mass is 222 g/mol. The lowest BCUT2D eigenvalue weighted by Gasteiger charge is -2.11. The van der Waals surface area contributed by atoms with Gasteiger partial charge in [0.15, 0.2) is 0 Å².